The lowest BCUT2D eigenvalue weighted by atomic mass is 9.93. The van der Waals surface area contributed by atoms with Gasteiger partial charge in [-0.05, 0) is 57.4 Å². The third-order valence-corrected chi connectivity index (χ3v) is 3.46. The number of rotatable bonds is 6. The number of carbonyl (C=O) groups is 1. The predicted octanol–water partition coefficient (Wildman–Crippen LogP) is 4.54. The van der Waals surface area contributed by atoms with Crippen molar-refractivity contribution in [3.8, 4) is 0 Å². The molecule has 0 aromatic carbocycles. The van der Waals surface area contributed by atoms with Crippen LogP contribution in [-0.4, -0.2) is 16.0 Å². The average molecular weight is 271 g/mol. The molecule has 0 aromatic heterocycles. The minimum absolute atomic E-state index is 0.118. The lowest BCUT2D eigenvalue weighted by Gasteiger charge is -2.19. The molecule has 0 amide bonds. The molecule has 0 aliphatic heterocycles. The van der Waals surface area contributed by atoms with E-state index in [9.17, 15) is 4.79 Å². The van der Waals surface area contributed by atoms with Crippen LogP contribution in [0.4, 0.5) is 0 Å². The van der Waals surface area contributed by atoms with Crippen molar-refractivity contribution in [3.63, 3.8) is 0 Å². The second-order valence-electron chi connectivity index (χ2n) is 5.93. The summed E-state index contributed by atoms with van der Waals surface area (Å²) in [7, 11) is 0. The van der Waals surface area contributed by atoms with Crippen molar-refractivity contribution in [1.82, 2.24) is 0 Å². The van der Waals surface area contributed by atoms with Crippen LogP contribution in [0.15, 0.2) is 23.3 Å². The van der Waals surface area contributed by atoms with Crippen molar-refractivity contribution in [2.24, 2.45) is 5.92 Å². The number of hydrogen-bond donors (Lipinski definition) is 1. The van der Waals surface area contributed by atoms with Gasteiger partial charge in [-0.25, -0.2) is 4.79 Å². The summed E-state index contributed by atoms with van der Waals surface area (Å²) in [5, 5.41) is 8.70. The molecule has 18 heavy (non-hydrogen) atoms. The molecular weight excluding hydrogens is 248 g/mol. The van der Waals surface area contributed by atoms with E-state index in [4.69, 9.17) is 16.7 Å². The van der Waals surface area contributed by atoms with Crippen LogP contribution >= 0.6 is 11.6 Å². The molecule has 1 atom stereocenters. The molecule has 0 saturated carbocycles. The maximum Gasteiger partial charge on any atom is 0.328 e. The van der Waals surface area contributed by atoms with E-state index in [0.717, 1.165) is 37.7 Å². The molecule has 2 nitrogen and oxygen atoms in total. The molecule has 1 aliphatic rings. The monoisotopic (exact) mass is 270 g/mol. The van der Waals surface area contributed by atoms with Crippen LogP contribution < -0.4 is 0 Å². The zero-order valence-corrected chi connectivity index (χ0v) is 12.3. The number of halogens is 1. The Morgan fingerprint density at radius 2 is 2.22 bits per heavy atom. The van der Waals surface area contributed by atoms with Gasteiger partial charge in [0.2, 0.25) is 0 Å². The highest BCUT2D eigenvalue weighted by Gasteiger charge is 2.17. The van der Waals surface area contributed by atoms with E-state index in [1.54, 1.807) is 0 Å². The van der Waals surface area contributed by atoms with Crippen molar-refractivity contribution < 1.29 is 9.90 Å². The first-order chi connectivity index (χ1) is 8.26. The van der Waals surface area contributed by atoms with Gasteiger partial charge in [0, 0.05) is 11.0 Å². The highest BCUT2D eigenvalue weighted by Crippen LogP contribution is 2.31. The number of alkyl halides is 1. The molecule has 1 rings (SSSR count). The topological polar surface area (TPSA) is 37.3 Å². The summed E-state index contributed by atoms with van der Waals surface area (Å²) in [4.78, 5) is 10.5. The Morgan fingerprint density at radius 3 is 2.78 bits per heavy atom. The molecule has 0 aromatic rings. The summed E-state index contributed by atoms with van der Waals surface area (Å²) in [5.74, 6) is -0.238. The number of hydrogen-bond acceptors (Lipinski definition) is 1. The normalized spacial score (nSPS) is 20.0. The second kappa shape index (κ2) is 6.42. The third kappa shape index (κ3) is 6.25. The Kier molecular flexibility index (Phi) is 5.46. The quantitative estimate of drug-likeness (QED) is 0.568. The molecule has 1 unspecified atom stereocenters. The highest BCUT2D eigenvalue weighted by atomic mass is 35.5. The maximum atomic E-state index is 10.6. The van der Waals surface area contributed by atoms with E-state index in [2.05, 4.69) is 13.0 Å². The van der Waals surface area contributed by atoms with Crippen molar-refractivity contribution in [2.75, 3.05) is 0 Å². The van der Waals surface area contributed by atoms with E-state index < -0.39 is 5.97 Å². The van der Waals surface area contributed by atoms with Crippen LogP contribution in [0.1, 0.15) is 52.9 Å². The number of aliphatic carboxylic acids is 1. The molecule has 102 valence electrons. The Morgan fingerprint density at radius 1 is 1.56 bits per heavy atom. The molecule has 0 spiro atoms. The summed E-state index contributed by atoms with van der Waals surface area (Å²) in [5.41, 5.74) is 2.32. The van der Waals surface area contributed by atoms with E-state index in [1.807, 2.05) is 13.8 Å². The van der Waals surface area contributed by atoms with E-state index in [1.165, 1.54) is 11.6 Å². The van der Waals surface area contributed by atoms with Crippen LogP contribution in [0.2, 0.25) is 0 Å². The van der Waals surface area contributed by atoms with E-state index >= 15 is 0 Å². The average Bonchev–Trinajstić information content (AvgIpc) is 2.60. The summed E-state index contributed by atoms with van der Waals surface area (Å²) in [6.07, 6.45) is 8.44. The van der Waals surface area contributed by atoms with E-state index in [-0.39, 0.29) is 4.87 Å². The summed E-state index contributed by atoms with van der Waals surface area (Å²) in [6, 6.07) is 0. The minimum Gasteiger partial charge on any atom is -0.478 e. The SMILES string of the molecule is CC(CCC(C)(C)Cl)CC1=CC(=CC(=O)O)CC1. The molecule has 0 fully saturated rings. The molecular formula is C15H23ClO2. The Hall–Kier alpha value is -0.760. The van der Waals surface area contributed by atoms with Crippen LogP contribution in [0, 0.1) is 5.92 Å². The van der Waals surface area contributed by atoms with Crippen molar-refractivity contribution >= 4 is 17.6 Å². The van der Waals surface area contributed by atoms with Gasteiger partial charge in [-0.1, -0.05) is 18.6 Å². The number of allylic oxidation sites excluding steroid dienone is 3. The largest absolute Gasteiger partial charge is 0.478 e. The zero-order chi connectivity index (χ0) is 13.8. The lowest BCUT2D eigenvalue weighted by molar-refractivity contribution is -0.131. The fourth-order valence-electron chi connectivity index (χ4n) is 2.28. The summed E-state index contributed by atoms with van der Waals surface area (Å²) >= 11 is 6.19. The predicted molar refractivity (Wildman–Crippen MR) is 76.0 cm³/mol. The summed E-state index contributed by atoms with van der Waals surface area (Å²) in [6.45, 7) is 6.33. The van der Waals surface area contributed by atoms with Gasteiger partial charge in [-0.3, -0.25) is 0 Å². The molecule has 0 radical (unpaired) electrons. The minimum atomic E-state index is -0.848. The zero-order valence-electron chi connectivity index (χ0n) is 11.5. The van der Waals surface area contributed by atoms with Crippen LogP contribution in [0.25, 0.3) is 0 Å². The van der Waals surface area contributed by atoms with Gasteiger partial charge < -0.3 is 5.11 Å². The maximum absolute atomic E-state index is 10.6. The van der Waals surface area contributed by atoms with Crippen molar-refractivity contribution in [1.29, 1.82) is 0 Å². The first kappa shape index (κ1) is 15.3. The Labute approximate surface area is 115 Å². The molecule has 0 saturated heterocycles. The summed E-state index contributed by atoms with van der Waals surface area (Å²) < 4.78 is 0. The second-order valence-corrected chi connectivity index (χ2v) is 6.95. The fourth-order valence-corrected chi connectivity index (χ4v) is 2.39. The van der Waals surface area contributed by atoms with Gasteiger partial charge in [0.15, 0.2) is 0 Å². The molecule has 0 heterocycles. The smallest absolute Gasteiger partial charge is 0.328 e. The first-order valence-electron chi connectivity index (χ1n) is 6.58. The van der Waals surface area contributed by atoms with Gasteiger partial charge in [0.1, 0.15) is 0 Å². The van der Waals surface area contributed by atoms with Gasteiger partial charge in [0.25, 0.3) is 0 Å². The Bertz CT molecular complexity index is 361. The number of carboxylic acid groups (broad SMARTS) is 1. The van der Waals surface area contributed by atoms with Crippen LogP contribution in [-0.2, 0) is 4.79 Å². The fraction of sp³-hybridized carbons (Fsp3) is 0.667. The van der Waals surface area contributed by atoms with Crippen molar-refractivity contribution in [2.45, 2.75) is 57.7 Å². The molecule has 0 bridgehead atoms. The van der Waals surface area contributed by atoms with Gasteiger partial charge >= 0.3 is 5.97 Å². The molecule has 3 heteroatoms. The van der Waals surface area contributed by atoms with Gasteiger partial charge in [0.05, 0.1) is 0 Å². The first-order valence-corrected chi connectivity index (χ1v) is 6.96. The molecule has 1 aliphatic carbocycles. The highest BCUT2D eigenvalue weighted by molar-refractivity contribution is 6.23. The Balaban J connectivity index is 2.42. The standard InChI is InChI=1S/C15H23ClO2/c1-11(6-7-15(2,3)16)8-12-4-5-13(9-12)10-14(17)18/h9-11H,4-8H2,1-3H3,(H,17,18). The van der Waals surface area contributed by atoms with Crippen molar-refractivity contribution in [3.05, 3.63) is 23.3 Å². The molecule has 1 N–H and O–H groups in total. The van der Waals surface area contributed by atoms with Gasteiger partial charge in [-0.2, -0.15) is 0 Å². The van der Waals surface area contributed by atoms with E-state index in [0.29, 0.717) is 5.92 Å². The lowest BCUT2D eigenvalue weighted by Crippen LogP contribution is -2.11. The van der Waals surface area contributed by atoms with Crippen LogP contribution in [0.5, 0.6) is 0 Å². The van der Waals surface area contributed by atoms with Gasteiger partial charge in [-0.15, -0.1) is 11.6 Å². The number of carboxylic acids is 1. The van der Waals surface area contributed by atoms with Crippen LogP contribution in [0.3, 0.4) is 0 Å². The third-order valence-electron chi connectivity index (χ3n) is 3.28.